The molecule has 1 aliphatic rings. The largest absolute Gasteiger partial charge is 0.494 e. The number of carbonyl (C=O) groups excluding carboxylic acids is 2. The van der Waals surface area contributed by atoms with Crippen LogP contribution in [-0.2, 0) is 9.59 Å². The van der Waals surface area contributed by atoms with Crippen LogP contribution in [0.15, 0.2) is 54.6 Å². The molecule has 1 N–H and O–H groups in total. The molecule has 4 rings (SSSR count). The Bertz CT molecular complexity index is 1040. The van der Waals surface area contributed by atoms with Gasteiger partial charge in [0.1, 0.15) is 10.8 Å². The van der Waals surface area contributed by atoms with E-state index in [0.717, 1.165) is 16.4 Å². The highest BCUT2D eigenvalue weighted by molar-refractivity contribution is 7.15. The average Bonchev–Trinajstić information content (AvgIpc) is 3.39. The summed E-state index contributed by atoms with van der Waals surface area (Å²) in [6.07, 6.45) is 1.29. The van der Waals surface area contributed by atoms with Crippen LogP contribution >= 0.6 is 22.9 Å². The van der Waals surface area contributed by atoms with Gasteiger partial charge in [-0.3, -0.25) is 9.59 Å². The number of ether oxygens (including phenoxy) is 1. The molecule has 31 heavy (non-hydrogen) atoms. The van der Waals surface area contributed by atoms with E-state index in [1.807, 2.05) is 42.5 Å². The van der Waals surface area contributed by atoms with Crippen LogP contribution in [0.1, 0.15) is 30.2 Å². The van der Waals surface area contributed by atoms with Gasteiger partial charge in [0.15, 0.2) is 0 Å². The average molecular weight is 457 g/mol. The van der Waals surface area contributed by atoms with E-state index >= 15 is 0 Å². The summed E-state index contributed by atoms with van der Waals surface area (Å²) in [6.45, 7) is 0.989. The van der Waals surface area contributed by atoms with Crippen molar-refractivity contribution in [1.29, 1.82) is 0 Å². The molecule has 2 amide bonds. The van der Waals surface area contributed by atoms with Crippen molar-refractivity contribution < 1.29 is 14.3 Å². The van der Waals surface area contributed by atoms with Gasteiger partial charge in [-0.1, -0.05) is 41.1 Å². The first kappa shape index (κ1) is 21.3. The van der Waals surface area contributed by atoms with Crippen LogP contribution in [-0.4, -0.2) is 35.2 Å². The molecule has 1 aliphatic heterocycles. The zero-order valence-corrected chi connectivity index (χ0v) is 18.2. The minimum atomic E-state index is -0.135. The quantitative estimate of drug-likeness (QED) is 0.504. The number of hydrogen-bond donors (Lipinski definition) is 1. The molecule has 1 saturated heterocycles. The van der Waals surface area contributed by atoms with Gasteiger partial charge in [0.2, 0.25) is 16.9 Å². The Labute approximate surface area is 189 Å². The lowest BCUT2D eigenvalue weighted by Gasteiger charge is -2.16. The molecule has 2 aromatic carbocycles. The Morgan fingerprint density at radius 1 is 1.16 bits per heavy atom. The maximum atomic E-state index is 12.4. The number of benzene rings is 2. The van der Waals surface area contributed by atoms with E-state index in [4.69, 9.17) is 16.3 Å². The number of nitrogens with one attached hydrogen (secondary N) is 1. The van der Waals surface area contributed by atoms with E-state index in [9.17, 15) is 9.59 Å². The number of aromatic nitrogens is 2. The molecule has 0 saturated carbocycles. The first-order valence-electron chi connectivity index (χ1n) is 9.95. The number of rotatable bonds is 8. The van der Waals surface area contributed by atoms with E-state index in [1.165, 1.54) is 11.3 Å². The molecule has 7 nitrogen and oxygen atoms in total. The summed E-state index contributed by atoms with van der Waals surface area (Å²) in [7, 11) is 0. The predicted molar refractivity (Wildman–Crippen MR) is 121 cm³/mol. The van der Waals surface area contributed by atoms with E-state index in [-0.39, 0.29) is 17.7 Å². The molecule has 1 fully saturated rings. The predicted octanol–water partition coefficient (Wildman–Crippen LogP) is 4.51. The van der Waals surface area contributed by atoms with Crippen molar-refractivity contribution in [3.8, 4) is 5.75 Å². The molecular formula is C22H21ClN4O3S. The summed E-state index contributed by atoms with van der Waals surface area (Å²) in [4.78, 5) is 26.3. The van der Waals surface area contributed by atoms with Crippen molar-refractivity contribution >= 4 is 45.6 Å². The molecule has 0 radical (unpaired) electrons. The lowest BCUT2D eigenvalue weighted by molar-refractivity contribution is -0.117. The smallest absolute Gasteiger partial charge is 0.227 e. The number of hydrogen-bond acceptors (Lipinski definition) is 6. The van der Waals surface area contributed by atoms with Crippen LogP contribution in [0, 0.1) is 0 Å². The van der Waals surface area contributed by atoms with Crippen molar-refractivity contribution in [1.82, 2.24) is 10.2 Å². The van der Waals surface area contributed by atoms with Crippen LogP contribution < -0.4 is 15.0 Å². The number of amides is 2. The third-order valence-electron chi connectivity index (χ3n) is 4.86. The van der Waals surface area contributed by atoms with Crippen LogP contribution in [0.2, 0.25) is 5.02 Å². The van der Waals surface area contributed by atoms with Crippen LogP contribution in [0.25, 0.3) is 0 Å². The Kier molecular flexibility index (Phi) is 6.79. The molecule has 0 unspecified atom stereocenters. The van der Waals surface area contributed by atoms with Gasteiger partial charge in [0.05, 0.1) is 6.61 Å². The Morgan fingerprint density at radius 3 is 2.71 bits per heavy atom. The molecule has 0 bridgehead atoms. The second-order valence-electron chi connectivity index (χ2n) is 7.14. The molecule has 0 spiro atoms. The summed E-state index contributed by atoms with van der Waals surface area (Å²) in [6, 6.07) is 16.7. The lowest BCUT2D eigenvalue weighted by Crippen LogP contribution is -2.24. The molecule has 1 atom stereocenters. The fraction of sp³-hybridized carbons (Fsp3) is 0.273. The van der Waals surface area contributed by atoms with Gasteiger partial charge in [0.25, 0.3) is 0 Å². The van der Waals surface area contributed by atoms with Crippen molar-refractivity contribution in [2.75, 3.05) is 23.4 Å². The normalized spacial score (nSPS) is 15.8. The minimum absolute atomic E-state index is 0.0338. The first-order chi connectivity index (χ1) is 15.1. The third kappa shape index (κ3) is 5.59. The molecule has 1 aromatic heterocycles. The van der Waals surface area contributed by atoms with Crippen molar-refractivity contribution in [3.05, 3.63) is 64.6 Å². The molecule has 2 heterocycles. The van der Waals surface area contributed by atoms with Crippen LogP contribution in [0.4, 0.5) is 10.8 Å². The Hall–Kier alpha value is -2.97. The van der Waals surface area contributed by atoms with Gasteiger partial charge in [-0.15, -0.1) is 10.2 Å². The highest BCUT2D eigenvalue weighted by Crippen LogP contribution is 2.34. The third-order valence-corrected chi connectivity index (χ3v) is 6.11. The summed E-state index contributed by atoms with van der Waals surface area (Å²) in [5.74, 6) is 0.636. The molecule has 160 valence electrons. The SMILES string of the molecule is O=C(CCCOc1ccccc1)Nc1nnc([C@H]2CC(=O)N(c3ccc(Cl)cc3)C2)s1. The zero-order valence-electron chi connectivity index (χ0n) is 16.7. The second kappa shape index (κ2) is 9.89. The van der Waals surface area contributed by atoms with Gasteiger partial charge < -0.3 is 15.0 Å². The Morgan fingerprint density at radius 2 is 1.94 bits per heavy atom. The van der Waals surface area contributed by atoms with Gasteiger partial charge in [0, 0.05) is 36.0 Å². The summed E-state index contributed by atoms with van der Waals surface area (Å²) < 4.78 is 5.59. The van der Waals surface area contributed by atoms with Gasteiger partial charge in [-0.25, -0.2) is 0 Å². The van der Waals surface area contributed by atoms with E-state index < -0.39 is 0 Å². The molecule has 9 heteroatoms. The zero-order chi connectivity index (χ0) is 21.6. The standard InChI is InChI=1S/C22H21ClN4O3S/c23-16-8-10-17(11-9-16)27-14-15(13-20(27)29)21-25-26-22(31-21)24-19(28)7-4-12-30-18-5-2-1-3-6-18/h1-3,5-6,8-11,15H,4,7,12-14H2,(H,24,26,28)/t15-/m0/s1. The van der Waals surface area contributed by atoms with E-state index in [2.05, 4.69) is 15.5 Å². The monoisotopic (exact) mass is 456 g/mol. The molecule has 0 aliphatic carbocycles. The van der Waals surface area contributed by atoms with Crippen LogP contribution in [0.5, 0.6) is 5.75 Å². The fourth-order valence-electron chi connectivity index (χ4n) is 3.31. The maximum Gasteiger partial charge on any atom is 0.227 e. The fourth-order valence-corrected chi connectivity index (χ4v) is 4.29. The van der Waals surface area contributed by atoms with Crippen molar-refractivity contribution in [2.45, 2.75) is 25.2 Å². The number of halogens is 1. The Balaban J connectivity index is 1.25. The van der Waals surface area contributed by atoms with Crippen LogP contribution in [0.3, 0.4) is 0 Å². The number of anilines is 2. The van der Waals surface area contributed by atoms with E-state index in [1.54, 1.807) is 17.0 Å². The van der Waals surface area contributed by atoms with E-state index in [0.29, 0.717) is 42.6 Å². The molecule has 3 aromatic rings. The topological polar surface area (TPSA) is 84.4 Å². The number of para-hydroxylation sites is 1. The van der Waals surface area contributed by atoms with Gasteiger partial charge >= 0.3 is 0 Å². The van der Waals surface area contributed by atoms with Gasteiger partial charge in [-0.05, 0) is 42.8 Å². The highest BCUT2D eigenvalue weighted by atomic mass is 35.5. The maximum absolute atomic E-state index is 12.4. The molecular weight excluding hydrogens is 436 g/mol. The van der Waals surface area contributed by atoms with Gasteiger partial charge in [-0.2, -0.15) is 0 Å². The second-order valence-corrected chi connectivity index (χ2v) is 8.59. The minimum Gasteiger partial charge on any atom is -0.494 e. The summed E-state index contributed by atoms with van der Waals surface area (Å²) in [5, 5.41) is 12.9. The lowest BCUT2D eigenvalue weighted by atomic mass is 10.1. The first-order valence-corrected chi connectivity index (χ1v) is 11.1. The summed E-state index contributed by atoms with van der Waals surface area (Å²) in [5.41, 5.74) is 0.813. The van der Waals surface area contributed by atoms with Crippen molar-refractivity contribution in [2.24, 2.45) is 0 Å². The summed E-state index contributed by atoms with van der Waals surface area (Å²) >= 11 is 7.24. The highest BCUT2D eigenvalue weighted by Gasteiger charge is 2.33. The van der Waals surface area contributed by atoms with Crippen molar-refractivity contribution in [3.63, 3.8) is 0 Å². The number of carbonyl (C=O) groups is 2. The number of nitrogens with zero attached hydrogens (tertiary/aromatic N) is 3.